The molecule has 4 amide bonds. The summed E-state index contributed by atoms with van der Waals surface area (Å²) in [4.78, 5) is 75.0. The van der Waals surface area contributed by atoms with Crippen molar-refractivity contribution in [1.82, 2.24) is 40.4 Å². The van der Waals surface area contributed by atoms with Gasteiger partial charge in [-0.25, -0.2) is 19.6 Å². The third kappa shape index (κ3) is 8.02. The Morgan fingerprint density at radius 2 is 1.30 bits per heavy atom. The van der Waals surface area contributed by atoms with Crippen LogP contribution in [0.4, 0.5) is 9.59 Å². The van der Waals surface area contributed by atoms with Crippen molar-refractivity contribution in [1.29, 1.82) is 0 Å². The smallest absolute Gasteiger partial charge is 0.407 e. The third-order valence-electron chi connectivity index (χ3n) is 16.3. The number of benzene rings is 5. The van der Waals surface area contributed by atoms with Gasteiger partial charge in [-0.2, -0.15) is 0 Å². The SMILES string of the molecule is COC(=O)N[C@H](C(=O)N1[C@H](c2nc3ccc4cc(-c5ccc6c(ccc7nc([C@@H]8C[C@H](COCC9CCCCC9)CN8C(=O)[C@H](NC(=O)OC)c8ccccc8)[nH]c76)c5)ccc4c3[nH]2)C2C3[C@H]2[C@@H]31)C(C)C. The molecule has 9 atom stereocenters. The number of likely N-dealkylation sites (tertiary alicyclic amines) is 1. The number of piperidine rings is 1. The molecule has 3 saturated heterocycles. The van der Waals surface area contributed by atoms with Gasteiger partial charge in [-0.15, -0.1) is 0 Å². The Morgan fingerprint density at radius 1 is 0.690 bits per heavy atom. The largest absolute Gasteiger partial charge is 0.453 e. The zero-order valence-electron chi connectivity index (χ0n) is 40.5. The number of aromatic nitrogens is 4. The van der Waals surface area contributed by atoms with Crippen LogP contribution in [-0.4, -0.2) is 99.8 Å². The predicted octanol–water partition coefficient (Wildman–Crippen LogP) is 9.50. The number of carbonyl (C=O) groups is 4. The third-order valence-corrected chi connectivity index (χ3v) is 16.3. The van der Waals surface area contributed by atoms with Gasteiger partial charge in [-0.05, 0) is 101 Å². The van der Waals surface area contributed by atoms with Crippen molar-refractivity contribution in [2.24, 2.45) is 35.5 Å². The van der Waals surface area contributed by atoms with E-state index in [0.717, 1.165) is 67.2 Å². The molecular formula is C56H60N8O7. The molecule has 0 spiro atoms. The summed E-state index contributed by atoms with van der Waals surface area (Å²) in [5.74, 6) is 3.16. The summed E-state index contributed by atoms with van der Waals surface area (Å²) in [7, 11) is 2.61. The molecule has 5 aromatic carbocycles. The fraction of sp³-hybridized carbons (Fsp3) is 0.429. The molecule has 3 aliphatic carbocycles. The molecule has 15 nitrogen and oxygen atoms in total. The van der Waals surface area contributed by atoms with Crippen molar-refractivity contribution in [3.05, 3.63) is 108 Å². The second-order valence-electron chi connectivity index (χ2n) is 20.9. The first kappa shape index (κ1) is 45.2. The van der Waals surface area contributed by atoms with Gasteiger partial charge in [0.05, 0.1) is 55.0 Å². The molecule has 3 aliphatic heterocycles. The quantitative estimate of drug-likeness (QED) is 0.0875. The van der Waals surface area contributed by atoms with E-state index >= 15 is 0 Å². The van der Waals surface area contributed by atoms with E-state index in [0.29, 0.717) is 54.6 Å². The fourth-order valence-electron chi connectivity index (χ4n) is 12.5. The Bertz CT molecular complexity index is 3210. The number of alkyl carbamates (subject to hydrolysis) is 2. The second-order valence-corrected chi connectivity index (χ2v) is 20.9. The minimum absolute atomic E-state index is 0.0814. The minimum atomic E-state index is -0.942. The van der Waals surface area contributed by atoms with Crippen LogP contribution in [0.25, 0.3) is 54.7 Å². The van der Waals surface area contributed by atoms with Crippen LogP contribution in [0.1, 0.15) is 87.7 Å². The Labute approximate surface area is 411 Å². The fourth-order valence-corrected chi connectivity index (χ4v) is 12.5. The van der Waals surface area contributed by atoms with Gasteiger partial charge in [-0.1, -0.05) is 99.8 Å². The van der Waals surface area contributed by atoms with Gasteiger partial charge in [0.25, 0.3) is 5.91 Å². The first-order chi connectivity index (χ1) is 34.6. The van der Waals surface area contributed by atoms with Crippen molar-refractivity contribution < 1.29 is 33.4 Å². The maximum absolute atomic E-state index is 14.7. The van der Waals surface area contributed by atoms with Crippen LogP contribution in [-0.2, 0) is 23.8 Å². The highest BCUT2D eigenvalue weighted by Crippen LogP contribution is 2.81. The number of methoxy groups -OCH3 is 2. The summed E-state index contributed by atoms with van der Waals surface area (Å²) in [6, 6.07) is 28.6. The van der Waals surface area contributed by atoms with Crippen LogP contribution in [0.15, 0.2) is 91.0 Å². The van der Waals surface area contributed by atoms with Gasteiger partial charge in [0.15, 0.2) is 0 Å². The highest BCUT2D eigenvalue weighted by Gasteiger charge is 2.86. The number of carbonyl (C=O) groups excluding carboxylic acids is 4. The molecule has 13 rings (SSSR count). The lowest BCUT2D eigenvalue weighted by Gasteiger charge is -2.29. The number of nitrogens with zero attached hydrogens (tertiary/aromatic N) is 4. The molecule has 7 aromatic rings. The number of ether oxygens (including phenoxy) is 3. The first-order valence-corrected chi connectivity index (χ1v) is 25.4. The summed E-state index contributed by atoms with van der Waals surface area (Å²) >= 11 is 0. The van der Waals surface area contributed by atoms with Gasteiger partial charge in [0.2, 0.25) is 5.91 Å². The van der Waals surface area contributed by atoms with Crippen molar-refractivity contribution in [2.75, 3.05) is 34.0 Å². The van der Waals surface area contributed by atoms with Gasteiger partial charge in [0, 0.05) is 35.9 Å². The monoisotopic (exact) mass is 956 g/mol. The van der Waals surface area contributed by atoms with E-state index in [1.165, 1.54) is 46.3 Å². The maximum atomic E-state index is 14.7. The van der Waals surface area contributed by atoms with Gasteiger partial charge in [0.1, 0.15) is 23.7 Å². The zero-order chi connectivity index (χ0) is 48.7. The molecule has 5 heterocycles. The number of hydrogen-bond acceptors (Lipinski definition) is 9. The normalized spacial score (nSPS) is 24.4. The van der Waals surface area contributed by atoms with E-state index in [4.69, 9.17) is 24.2 Å². The molecule has 2 bridgehead atoms. The van der Waals surface area contributed by atoms with E-state index in [2.05, 4.69) is 69.1 Å². The highest BCUT2D eigenvalue weighted by atomic mass is 16.5. The van der Waals surface area contributed by atoms with Crippen molar-refractivity contribution in [3.8, 4) is 11.1 Å². The molecule has 2 unspecified atom stereocenters. The van der Waals surface area contributed by atoms with Crippen LogP contribution in [0, 0.1) is 35.5 Å². The van der Waals surface area contributed by atoms with Gasteiger partial charge >= 0.3 is 12.2 Å². The average Bonchev–Trinajstić information content (AvgIpc) is 3.87. The Hall–Kier alpha value is -7.00. The number of imidazole rings is 2. The maximum Gasteiger partial charge on any atom is 0.407 e. The number of hydrogen-bond donors (Lipinski definition) is 4. The number of fused-ring (bicyclic) bond motifs is 7. The van der Waals surface area contributed by atoms with Gasteiger partial charge in [-0.3, -0.25) is 9.59 Å². The number of aromatic amines is 2. The van der Waals surface area contributed by atoms with Crippen LogP contribution in [0.3, 0.4) is 0 Å². The molecular weight excluding hydrogens is 897 g/mol. The summed E-state index contributed by atoms with van der Waals surface area (Å²) in [5, 5.41) is 9.78. The van der Waals surface area contributed by atoms with Crippen LogP contribution in [0.2, 0.25) is 0 Å². The standard InChI is InChI=1S/C56H60N8O7/c1-29(2)45(61-55(67)69-3)54(66)64-49-42-43(49)44(42)50(64)52-58-40-22-18-36-25-34(16-20-38(36)48(40)60-52)33-15-19-37-35(24-33)17-21-39-47(37)59-51(57-39)41-23-31(28-71-27-30-11-7-5-8-12-30)26-63(41)53(65)46(62-56(68)70-4)32-13-9-6-10-14-32/h6,9-10,13-22,24-25,29-31,41-46,49-50H,5,7-8,11-12,23,26-28H2,1-4H3,(H,57,59)(H,58,60)(H,61,67)(H,62,68)/t31-,41-,42+,43?,44?,45-,46+,49-,50-/m0/s1. The Morgan fingerprint density at radius 3 is 1.93 bits per heavy atom. The average molecular weight is 957 g/mol. The van der Waals surface area contributed by atoms with Crippen LogP contribution < -0.4 is 10.6 Å². The molecule has 3 saturated carbocycles. The summed E-state index contributed by atoms with van der Waals surface area (Å²) in [5.41, 5.74) is 6.32. The van der Waals surface area contributed by atoms with Crippen LogP contribution in [0.5, 0.6) is 0 Å². The summed E-state index contributed by atoms with van der Waals surface area (Å²) in [6.45, 7) is 5.63. The van der Waals surface area contributed by atoms with Crippen LogP contribution >= 0.6 is 0 Å². The molecule has 366 valence electrons. The number of rotatable bonds is 13. The summed E-state index contributed by atoms with van der Waals surface area (Å²) in [6.07, 6.45) is 5.61. The van der Waals surface area contributed by atoms with Crippen molar-refractivity contribution >= 4 is 67.6 Å². The van der Waals surface area contributed by atoms with E-state index in [9.17, 15) is 19.2 Å². The predicted molar refractivity (Wildman–Crippen MR) is 269 cm³/mol. The van der Waals surface area contributed by atoms with Gasteiger partial charge < -0.3 is 44.6 Å². The summed E-state index contributed by atoms with van der Waals surface area (Å²) < 4.78 is 16.2. The van der Waals surface area contributed by atoms with Crippen molar-refractivity contribution in [3.63, 3.8) is 0 Å². The van der Waals surface area contributed by atoms with Crippen molar-refractivity contribution in [2.45, 2.75) is 82.6 Å². The highest BCUT2D eigenvalue weighted by molar-refractivity contribution is 6.07. The number of amides is 4. The second kappa shape index (κ2) is 18.0. The van der Waals surface area contributed by atoms with E-state index in [-0.39, 0.29) is 41.8 Å². The molecule has 4 N–H and O–H groups in total. The number of H-pyrrole nitrogens is 2. The van der Waals surface area contributed by atoms with E-state index in [1.54, 1.807) is 0 Å². The molecule has 6 fully saturated rings. The first-order valence-electron chi connectivity index (χ1n) is 25.4. The van der Waals surface area contributed by atoms with E-state index < -0.39 is 24.3 Å². The Kier molecular flexibility index (Phi) is 11.4. The molecule has 0 radical (unpaired) electrons. The zero-order valence-corrected chi connectivity index (χ0v) is 40.5. The topological polar surface area (TPSA) is 184 Å². The lowest BCUT2D eigenvalue weighted by atomic mass is 9.90. The van der Waals surface area contributed by atoms with E-state index in [1.807, 2.05) is 66.1 Å². The molecule has 6 aliphatic rings. The molecule has 15 heteroatoms. The number of nitrogens with one attached hydrogen (secondary N) is 4. The Balaban J connectivity index is 0.814. The lowest BCUT2D eigenvalue weighted by Crippen LogP contribution is -2.51. The molecule has 71 heavy (non-hydrogen) atoms. The minimum Gasteiger partial charge on any atom is -0.453 e. The molecule has 2 aromatic heterocycles. The lowest BCUT2D eigenvalue weighted by molar-refractivity contribution is -0.136.